The molecule has 0 radical (unpaired) electrons. The summed E-state index contributed by atoms with van der Waals surface area (Å²) in [6.45, 7) is 1.82. The first-order valence-corrected chi connectivity index (χ1v) is 4.37. The third kappa shape index (κ3) is 3.18. The van der Waals surface area contributed by atoms with Crippen LogP contribution in [0.1, 0.15) is 6.92 Å². The first-order valence-electron chi connectivity index (χ1n) is 3.99. The lowest BCUT2D eigenvalue weighted by molar-refractivity contribution is -0.145. The summed E-state index contributed by atoms with van der Waals surface area (Å²) in [5, 5.41) is 7.47. The molecule has 6 heteroatoms. The summed E-state index contributed by atoms with van der Waals surface area (Å²) < 4.78 is 9.62. The van der Waals surface area contributed by atoms with Crippen molar-refractivity contribution in [2.24, 2.45) is 0 Å². The highest BCUT2D eigenvalue weighted by atomic mass is 35.5. The zero-order valence-electron chi connectivity index (χ0n) is 7.57. The van der Waals surface area contributed by atoms with Crippen molar-refractivity contribution in [3.05, 3.63) is 17.3 Å². The van der Waals surface area contributed by atoms with Crippen molar-refractivity contribution in [1.82, 2.24) is 10.2 Å². The third-order valence-corrected chi connectivity index (χ3v) is 1.56. The highest BCUT2D eigenvalue weighted by Gasteiger charge is 2.06. The fraction of sp³-hybridized carbons (Fsp3) is 0.375. The lowest BCUT2D eigenvalue weighted by Gasteiger charge is -2.04. The van der Waals surface area contributed by atoms with E-state index >= 15 is 0 Å². The van der Waals surface area contributed by atoms with Gasteiger partial charge in [0, 0.05) is 0 Å². The maximum atomic E-state index is 10.9. The van der Waals surface area contributed by atoms with Crippen molar-refractivity contribution in [1.29, 1.82) is 0 Å². The first-order chi connectivity index (χ1) is 6.74. The Hall–Kier alpha value is -1.36. The minimum Gasteiger partial charge on any atom is -0.464 e. The number of carbonyl (C=O) groups excluding carboxylic acids is 1. The number of halogens is 1. The molecule has 0 saturated heterocycles. The highest BCUT2D eigenvalue weighted by Crippen LogP contribution is 2.18. The molecule has 76 valence electrons. The second-order valence-corrected chi connectivity index (χ2v) is 2.69. The molecule has 1 aromatic rings. The second kappa shape index (κ2) is 5.39. The molecule has 0 atom stereocenters. The number of ether oxygens (including phenoxy) is 2. The third-order valence-electron chi connectivity index (χ3n) is 1.27. The summed E-state index contributed by atoms with van der Waals surface area (Å²) in [6.07, 6.45) is 1.43. The van der Waals surface area contributed by atoms with E-state index in [1.807, 2.05) is 0 Å². The topological polar surface area (TPSA) is 61.3 Å². The minimum absolute atomic E-state index is 0.127. The molecular weight excluding hydrogens is 208 g/mol. The van der Waals surface area contributed by atoms with Crippen LogP contribution in [0, 0.1) is 0 Å². The number of hydrogen-bond acceptors (Lipinski definition) is 5. The van der Waals surface area contributed by atoms with E-state index in [2.05, 4.69) is 14.9 Å². The van der Waals surface area contributed by atoms with Crippen LogP contribution in [0.2, 0.25) is 5.02 Å². The molecule has 0 spiro atoms. The molecule has 1 rings (SSSR count). The quantitative estimate of drug-likeness (QED) is 0.705. The SMILES string of the molecule is CCOC(=O)COc1nnccc1Cl. The van der Waals surface area contributed by atoms with Crippen LogP contribution in [-0.2, 0) is 9.53 Å². The van der Waals surface area contributed by atoms with Gasteiger partial charge in [0.05, 0.1) is 12.8 Å². The molecule has 0 saturated carbocycles. The lowest BCUT2D eigenvalue weighted by atomic mass is 10.5. The Bertz CT molecular complexity index is 319. The van der Waals surface area contributed by atoms with Gasteiger partial charge in [0.25, 0.3) is 5.88 Å². The fourth-order valence-corrected chi connectivity index (χ4v) is 0.880. The minimum atomic E-state index is -0.464. The Morgan fingerprint density at radius 3 is 3.07 bits per heavy atom. The molecule has 0 aromatic carbocycles. The van der Waals surface area contributed by atoms with Gasteiger partial charge in [-0.3, -0.25) is 0 Å². The normalized spacial score (nSPS) is 9.57. The van der Waals surface area contributed by atoms with Crippen molar-refractivity contribution in [3.63, 3.8) is 0 Å². The summed E-state index contributed by atoms with van der Waals surface area (Å²) in [7, 11) is 0. The molecule has 0 aliphatic rings. The van der Waals surface area contributed by atoms with E-state index in [0.29, 0.717) is 11.6 Å². The Labute approximate surface area is 86.0 Å². The summed E-state index contributed by atoms with van der Waals surface area (Å²) >= 11 is 5.71. The van der Waals surface area contributed by atoms with Crippen LogP contribution in [0.5, 0.6) is 5.88 Å². The van der Waals surface area contributed by atoms with E-state index in [9.17, 15) is 4.79 Å². The molecule has 0 fully saturated rings. The number of nitrogens with zero attached hydrogens (tertiary/aromatic N) is 2. The number of aromatic nitrogens is 2. The van der Waals surface area contributed by atoms with Crippen LogP contribution in [-0.4, -0.2) is 29.4 Å². The van der Waals surface area contributed by atoms with E-state index in [1.54, 1.807) is 6.92 Å². The van der Waals surface area contributed by atoms with E-state index in [4.69, 9.17) is 16.3 Å². The highest BCUT2D eigenvalue weighted by molar-refractivity contribution is 6.31. The smallest absolute Gasteiger partial charge is 0.344 e. The summed E-state index contributed by atoms with van der Waals surface area (Å²) in [5.74, 6) is -0.337. The van der Waals surface area contributed by atoms with Crippen molar-refractivity contribution in [2.45, 2.75) is 6.92 Å². The number of rotatable bonds is 4. The van der Waals surface area contributed by atoms with Gasteiger partial charge in [-0.25, -0.2) is 4.79 Å². The van der Waals surface area contributed by atoms with E-state index < -0.39 is 5.97 Å². The van der Waals surface area contributed by atoms with Gasteiger partial charge in [-0.05, 0) is 13.0 Å². The fourth-order valence-electron chi connectivity index (χ4n) is 0.731. The largest absolute Gasteiger partial charge is 0.464 e. The van der Waals surface area contributed by atoms with Gasteiger partial charge in [0.2, 0.25) is 0 Å². The first kappa shape index (κ1) is 10.7. The van der Waals surface area contributed by atoms with Crippen LogP contribution in [0.25, 0.3) is 0 Å². The Balaban J connectivity index is 2.46. The van der Waals surface area contributed by atoms with Gasteiger partial charge in [0.1, 0.15) is 5.02 Å². The summed E-state index contributed by atoms with van der Waals surface area (Å²) in [5.41, 5.74) is 0. The predicted molar refractivity (Wildman–Crippen MR) is 49.2 cm³/mol. The average Bonchev–Trinajstić information content (AvgIpc) is 2.17. The molecule has 14 heavy (non-hydrogen) atoms. The van der Waals surface area contributed by atoms with Crippen LogP contribution < -0.4 is 4.74 Å². The maximum absolute atomic E-state index is 10.9. The molecule has 0 aliphatic heterocycles. The van der Waals surface area contributed by atoms with Crippen molar-refractivity contribution < 1.29 is 14.3 Å². The van der Waals surface area contributed by atoms with E-state index in [-0.39, 0.29) is 12.5 Å². The lowest BCUT2D eigenvalue weighted by Crippen LogP contribution is -2.15. The predicted octanol–water partition coefficient (Wildman–Crippen LogP) is 1.07. The average molecular weight is 217 g/mol. The molecule has 0 amide bonds. The van der Waals surface area contributed by atoms with Gasteiger partial charge >= 0.3 is 5.97 Å². The molecule has 0 N–H and O–H groups in total. The molecule has 5 nitrogen and oxygen atoms in total. The van der Waals surface area contributed by atoms with Crippen LogP contribution >= 0.6 is 11.6 Å². The number of hydrogen-bond donors (Lipinski definition) is 0. The van der Waals surface area contributed by atoms with E-state index in [1.165, 1.54) is 12.3 Å². The van der Waals surface area contributed by atoms with Gasteiger partial charge in [-0.1, -0.05) is 11.6 Å². The summed E-state index contributed by atoms with van der Waals surface area (Å²) in [6, 6.07) is 1.52. The molecule has 1 aromatic heterocycles. The monoisotopic (exact) mass is 216 g/mol. The maximum Gasteiger partial charge on any atom is 0.344 e. The van der Waals surface area contributed by atoms with Gasteiger partial charge in [-0.2, -0.15) is 5.10 Å². The van der Waals surface area contributed by atoms with Gasteiger partial charge < -0.3 is 9.47 Å². The second-order valence-electron chi connectivity index (χ2n) is 2.28. The van der Waals surface area contributed by atoms with Crippen LogP contribution in [0.3, 0.4) is 0 Å². The molecule has 1 heterocycles. The Kier molecular flexibility index (Phi) is 4.12. The zero-order chi connectivity index (χ0) is 10.4. The molecule has 0 aliphatic carbocycles. The summed E-state index contributed by atoms with van der Waals surface area (Å²) in [4.78, 5) is 10.9. The van der Waals surface area contributed by atoms with Crippen LogP contribution in [0.15, 0.2) is 12.3 Å². The Morgan fingerprint density at radius 1 is 1.64 bits per heavy atom. The number of carbonyl (C=O) groups is 1. The molecular formula is C8H9ClN2O3. The standard InChI is InChI=1S/C8H9ClN2O3/c1-2-13-7(12)5-14-8-6(9)3-4-10-11-8/h3-4H,2,5H2,1H3. The van der Waals surface area contributed by atoms with Crippen molar-refractivity contribution >= 4 is 17.6 Å². The number of esters is 1. The Morgan fingerprint density at radius 2 is 2.43 bits per heavy atom. The van der Waals surface area contributed by atoms with Crippen molar-refractivity contribution in [3.8, 4) is 5.88 Å². The van der Waals surface area contributed by atoms with Gasteiger partial charge in [0.15, 0.2) is 6.61 Å². The van der Waals surface area contributed by atoms with Gasteiger partial charge in [-0.15, -0.1) is 5.10 Å². The van der Waals surface area contributed by atoms with Crippen molar-refractivity contribution in [2.75, 3.05) is 13.2 Å². The molecule has 0 bridgehead atoms. The van der Waals surface area contributed by atoms with Crippen LogP contribution in [0.4, 0.5) is 0 Å². The zero-order valence-corrected chi connectivity index (χ0v) is 8.32. The molecule has 0 unspecified atom stereocenters. The van der Waals surface area contributed by atoms with E-state index in [0.717, 1.165) is 0 Å².